The Morgan fingerprint density at radius 1 is 1.05 bits per heavy atom. The van der Waals surface area contributed by atoms with Gasteiger partial charge in [-0.15, -0.1) is 24.9 Å². The first-order valence-corrected chi connectivity index (χ1v) is 17.1. The monoisotopic (exact) mass is 617 g/mol. The predicted octanol–water partition coefficient (Wildman–Crippen LogP) is 5.67. The van der Waals surface area contributed by atoms with Gasteiger partial charge in [0.05, 0.1) is 16.6 Å². The molecular formula is C36H47N3O4S. The number of benzene rings is 2. The molecule has 3 heterocycles. The molecule has 8 heteroatoms. The molecule has 3 aliphatic heterocycles. The maximum atomic E-state index is 15.0. The normalized spacial score (nSPS) is 27.0. The molecule has 0 aliphatic carbocycles. The highest BCUT2D eigenvalue weighted by molar-refractivity contribution is 8.02. The maximum absolute atomic E-state index is 15.0. The van der Waals surface area contributed by atoms with E-state index >= 15 is 0 Å². The number of hydrogen-bond acceptors (Lipinski definition) is 5. The molecule has 0 saturated carbocycles. The van der Waals surface area contributed by atoms with Crippen LogP contribution in [-0.2, 0) is 14.4 Å². The molecule has 1 spiro atoms. The molecule has 3 aliphatic rings. The van der Waals surface area contributed by atoms with Crippen LogP contribution in [0.1, 0.15) is 52.4 Å². The van der Waals surface area contributed by atoms with Crippen LogP contribution in [0.5, 0.6) is 0 Å². The van der Waals surface area contributed by atoms with Gasteiger partial charge < -0.3 is 19.8 Å². The topological polar surface area (TPSA) is 81.2 Å². The van der Waals surface area contributed by atoms with Crippen molar-refractivity contribution in [2.24, 2.45) is 17.8 Å². The van der Waals surface area contributed by atoms with E-state index in [2.05, 4.69) is 33.1 Å². The average Bonchev–Trinajstić information content (AvgIpc) is 3.62. The van der Waals surface area contributed by atoms with E-state index in [1.165, 1.54) is 0 Å². The minimum atomic E-state index is -0.675. The summed E-state index contributed by atoms with van der Waals surface area (Å²) in [7, 11) is 0. The number of rotatable bonds is 15. The van der Waals surface area contributed by atoms with Crippen LogP contribution in [0.25, 0.3) is 10.8 Å². The van der Waals surface area contributed by atoms with E-state index in [-0.39, 0.29) is 35.5 Å². The fourth-order valence-electron chi connectivity index (χ4n) is 7.94. The van der Waals surface area contributed by atoms with E-state index in [4.69, 9.17) is 0 Å². The van der Waals surface area contributed by atoms with Crippen LogP contribution in [-0.4, -0.2) is 81.5 Å². The minimum Gasteiger partial charge on any atom is -0.396 e. The minimum absolute atomic E-state index is 0.00569. The van der Waals surface area contributed by atoms with E-state index in [1.54, 1.807) is 28.8 Å². The lowest BCUT2D eigenvalue weighted by molar-refractivity contribution is -0.144. The number of thioether (sulfide) groups is 1. The molecule has 2 aromatic rings. The first kappa shape index (κ1) is 32.3. The van der Waals surface area contributed by atoms with E-state index in [9.17, 15) is 19.5 Å². The summed E-state index contributed by atoms with van der Waals surface area (Å²) in [5.41, 5.74) is 0.779. The van der Waals surface area contributed by atoms with Crippen LogP contribution >= 0.6 is 11.8 Å². The van der Waals surface area contributed by atoms with Crippen molar-refractivity contribution >= 4 is 45.9 Å². The Morgan fingerprint density at radius 2 is 1.77 bits per heavy atom. The number of aliphatic hydroxyl groups is 1. The second-order valence-electron chi connectivity index (χ2n) is 12.6. The third kappa shape index (κ3) is 5.60. The number of fused-ring (bicyclic) bond motifs is 2. The van der Waals surface area contributed by atoms with Gasteiger partial charge >= 0.3 is 0 Å². The van der Waals surface area contributed by atoms with E-state index in [0.29, 0.717) is 26.2 Å². The zero-order chi connectivity index (χ0) is 31.4. The Morgan fingerprint density at radius 3 is 2.48 bits per heavy atom. The zero-order valence-corrected chi connectivity index (χ0v) is 27.0. The second kappa shape index (κ2) is 13.9. The van der Waals surface area contributed by atoms with E-state index in [1.807, 2.05) is 46.2 Å². The molecule has 3 saturated heterocycles. The third-order valence-electron chi connectivity index (χ3n) is 9.85. The van der Waals surface area contributed by atoms with Gasteiger partial charge in [0.1, 0.15) is 6.04 Å². The quantitative estimate of drug-likeness (QED) is 0.206. The Labute approximate surface area is 266 Å². The van der Waals surface area contributed by atoms with Crippen molar-refractivity contribution in [3.05, 3.63) is 67.8 Å². The lowest BCUT2D eigenvalue weighted by Gasteiger charge is -2.41. The van der Waals surface area contributed by atoms with Gasteiger partial charge in [-0.1, -0.05) is 69.2 Å². The number of aliphatic hydroxyl groups excluding tert-OH is 1. The molecule has 1 N–H and O–H groups in total. The summed E-state index contributed by atoms with van der Waals surface area (Å²) < 4.78 is -0.674. The SMILES string of the molecule is C=CCN(CCC)C(=O)[C@@H]1[C@H]2C(=O)N(CCCCCCO)C(C(=O)N(CC=C)c3ccc4ccccc4c3)C23S[C@@H]1CC3C. The van der Waals surface area contributed by atoms with Crippen LogP contribution in [0.15, 0.2) is 67.8 Å². The highest BCUT2D eigenvalue weighted by Gasteiger charge is 2.76. The first-order chi connectivity index (χ1) is 21.3. The number of carbonyl (C=O) groups is 3. The van der Waals surface area contributed by atoms with Gasteiger partial charge in [0.25, 0.3) is 5.91 Å². The summed E-state index contributed by atoms with van der Waals surface area (Å²) in [5.74, 6) is -1.02. The fraction of sp³-hybridized carbons (Fsp3) is 0.528. The highest BCUT2D eigenvalue weighted by atomic mass is 32.2. The van der Waals surface area contributed by atoms with Crippen LogP contribution in [0, 0.1) is 17.8 Å². The summed E-state index contributed by atoms with van der Waals surface area (Å²) >= 11 is 1.73. The molecule has 6 atom stereocenters. The van der Waals surface area contributed by atoms with Gasteiger partial charge in [-0.05, 0) is 54.5 Å². The van der Waals surface area contributed by atoms with Crippen LogP contribution in [0.4, 0.5) is 5.69 Å². The van der Waals surface area contributed by atoms with Gasteiger partial charge in [0.2, 0.25) is 11.8 Å². The molecule has 236 valence electrons. The van der Waals surface area contributed by atoms with Gasteiger partial charge in [-0.3, -0.25) is 14.4 Å². The summed E-state index contributed by atoms with van der Waals surface area (Å²) in [6.07, 6.45) is 8.33. The molecule has 5 rings (SSSR count). The molecule has 44 heavy (non-hydrogen) atoms. The van der Waals surface area contributed by atoms with Crippen molar-refractivity contribution in [2.75, 3.05) is 37.7 Å². The van der Waals surface area contributed by atoms with Gasteiger partial charge in [0, 0.05) is 43.7 Å². The van der Waals surface area contributed by atoms with Crippen LogP contribution in [0.3, 0.4) is 0 Å². The smallest absolute Gasteiger partial charge is 0.251 e. The molecule has 0 radical (unpaired) electrons. The molecule has 3 amide bonds. The molecule has 0 aromatic heterocycles. The fourth-order valence-corrected chi connectivity index (χ4v) is 10.3. The first-order valence-electron chi connectivity index (χ1n) is 16.2. The summed E-state index contributed by atoms with van der Waals surface area (Å²) in [6, 6.07) is 13.5. The lowest BCUT2D eigenvalue weighted by atomic mass is 9.65. The van der Waals surface area contributed by atoms with Crippen molar-refractivity contribution in [1.29, 1.82) is 0 Å². The van der Waals surface area contributed by atoms with Crippen molar-refractivity contribution in [3.8, 4) is 0 Å². The molecule has 3 fully saturated rings. The van der Waals surface area contributed by atoms with Gasteiger partial charge in [0.15, 0.2) is 0 Å². The van der Waals surface area contributed by atoms with Gasteiger partial charge in [-0.25, -0.2) is 0 Å². The Kier molecular flexibility index (Phi) is 10.2. The third-order valence-corrected chi connectivity index (χ3v) is 11.9. The maximum Gasteiger partial charge on any atom is 0.251 e. The summed E-state index contributed by atoms with van der Waals surface area (Å²) in [4.78, 5) is 49.2. The number of hydrogen-bond donors (Lipinski definition) is 1. The molecule has 2 aromatic carbocycles. The number of unbranched alkanes of at least 4 members (excludes halogenated alkanes) is 3. The highest BCUT2D eigenvalue weighted by Crippen LogP contribution is 2.69. The zero-order valence-electron chi connectivity index (χ0n) is 26.2. The second-order valence-corrected chi connectivity index (χ2v) is 14.1. The largest absolute Gasteiger partial charge is 0.396 e. The Balaban J connectivity index is 1.55. The molecule has 2 bridgehead atoms. The predicted molar refractivity (Wildman–Crippen MR) is 179 cm³/mol. The molecule has 7 nitrogen and oxygen atoms in total. The number of carbonyl (C=O) groups excluding carboxylic acids is 3. The van der Waals surface area contributed by atoms with Crippen LogP contribution < -0.4 is 4.90 Å². The van der Waals surface area contributed by atoms with Crippen molar-refractivity contribution in [2.45, 2.75) is 68.4 Å². The van der Waals surface area contributed by atoms with Crippen molar-refractivity contribution in [1.82, 2.24) is 9.80 Å². The average molecular weight is 618 g/mol. The van der Waals surface area contributed by atoms with Crippen molar-refractivity contribution in [3.63, 3.8) is 0 Å². The van der Waals surface area contributed by atoms with Gasteiger partial charge in [-0.2, -0.15) is 0 Å². The van der Waals surface area contributed by atoms with E-state index < -0.39 is 22.6 Å². The summed E-state index contributed by atoms with van der Waals surface area (Å²) in [5, 5.41) is 11.4. The number of anilines is 1. The Bertz CT molecular complexity index is 1400. The standard InChI is InChI=1S/C36H47N3O4S/c1-5-18-37(19-6-2)33(41)30-29-23-25(4)36(44-29)31(30)34(42)39(21-12-8-9-13-22-40)32(36)35(43)38(20-7-3)28-17-16-26-14-10-11-15-27(26)24-28/h5,7,10-11,14-17,24-25,29-32,40H,1,3,6,8-9,12-13,18-23H2,2,4H3/t25?,29-,30+,31+,32?,36?/m1/s1. The Hall–Kier alpha value is -3.10. The summed E-state index contributed by atoms with van der Waals surface area (Å²) in [6.45, 7) is 14.1. The number of nitrogens with zero attached hydrogens (tertiary/aromatic N) is 3. The van der Waals surface area contributed by atoms with Crippen molar-refractivity contribution < 1.29 is 19.5 Å². The number of amides is 3. The lowest BCUT2D eigenvalue weighted by Crippen LogP contribution is -2.57. The molecular weight excluding hydrogens is 570 g/mol. The van der Waals surface area contributed by atoms with E-state index in [0.717, 1.165) is 55.0 Å². The number of likely N-dealkylation sites (tertiary alicyclic amines) is 1. The van der Waals surface area contributed by atoms with Crippen LogP contribution in [0.2, 0.25) is 0 Å². The molecule has 3 unspecified atom stereocenters.